The van der Waals surface area contributed by atoms with Gasteiger partial charge in [-0.15, -0.1) is 0 Å². The number of benzene rings is 2. The number of hydrogen-bond acceptors (Lipinski definition) is 4. The fourth-order valence-electron chi connectivity index (χ4n) is 5.51. The molecule has 0 saturated carbocycles. The van der Waals surface area contributed by atoms with Crippen LogP contribution in [0.15, 0.2) is 55.0 Å². The predicted octanol–water partition coefficient (Wildman–Crippen LogP) is 5.23. The second-order valence-corrected chi connectivity index (χ2v) is 9.98. The van der Waals surface area contributed by atoms with Gasteiger partial charge in [-0.3, -0.25) is 9.48 Å². The third-order valence-corrected chi connectivity index (χ3v) is 7.81. The average Bonchev–Trinajstić information content (AvgIpc) is 3.50. The van der Waals surface area contributed by atoms with Gasteiger partial charge >= 0.3 is 0 Å². The molecule has 0 unspecified atom stereocenters. The number of carbonyl (C=O) groups excluding carboxylic acids is 1. The Bertz CT molecular complexity index is 1620. The number of rotatable bonds is 4. The molecule has 1 aliphatic heterocycles. The quantitative estimate of drug-likeness (QED) is 0.370. The molecule has 1 aliphatic rings. The van der Waals surface area contributed by atoms with Crippen molar-refractivity contribution in [3.63, 3.8) is 0 Å². The van der Waals surface area contributed by atoms with E-state index in [9.17, 15) is 4.79 Å². The molecule has 2 aromatic carbocycles. The summed E-state index contributed by atoms with van der Waals surface area (Å²) in [4.78, 5) is 22.3. The van der Waals surface area contributed by atoms with Crippen molar-refractivity contribution in [2.24, 2.45) is 5.73 Å². The molecule has 3 N–H and O–H groups in total. The van der Waals surface area contributed by atoms with Gasteiger partial charge in [0.25, 0.3) is 0 Å². The maximum absolute atomic E-state index is 11.8. The molecular formula is C29H30N6O. The number of nitrogens with zero attached hydrogens (tertiary/aromatic N) is 4. The van der Waals surface area contributed by atoms with Crippen LogP contribution >= 0.6 is 0 Å². The Balaban J connectivity index is 1.44. The number of primary amides is 1. The second-order valence-electron chi connectivity index (χ2n) is 9.98. The first-order chi connectivity index (χ1) is 17.4. The Morgan fingerprint density at radius 3 is 2.61 bits per heavy atom. The molecule has 0 radical (unpaired) electrons. The fraction of sp³-hybridized carbons (Fsp3) is 0.276. The lowest BCUT2D eigenvalue weighted by atomic mass is 9.93. The molecule has 3 aromatic heterocycles. The van der Waals surface area contributed by atoms with Crippen LogP contribution in [0.25, 0.3) is 44.2 Å². The molecule has 0 aliphatic carbocycles. The first-order valence-corrected chi connectivity index (χ1v) is 12.4. The van der Waals surface area contributed by atoms with Crippen molar-refractivity contribution in [3.05, 3.63) is 71.7 Å². The minimum absolute atomic E-state index is 0.404. The number of nitrogens with two attached hydrogens (primary N) is 1. The summed E-state index contributed by atoms with van der Waals surface area (Å²) in [6, 6.07) is 12.7. The van der Waals surface area contributed by atoms with E-state index in [1.165, 1.54) is 0 Å². The number of amides is 1. The van der Waals surface area contributed by atoms with Gasteiger partial charge in [0, 0.05) is 46.1 Å². The number of likely N-dealkylation sites (tertiary alicyclic amines) is 1. The third-order valence-electron chi connectivity index (χ3n) is 7.81. The smallest absolute Gasteiger partial charge is 0.248 e. The summed E-state index contributed by atoms with van der Waals surface area (Å²) in [6.07, 6.45) is 8.37. The molecule has 4 heterocycles. The maximum atomic E-state index is 11.8. The zero-order chi connectivity index (χ0) is 25.0. The highest BCUT2D eigenvalue weighted by atomic mass is 16.1. The molecule has 182 valence electrons. The van der Waals surface area contributed by atoms with Gasteiger partial charge in [0.1, 0.15) is 5.65 Å². The van der Waals surface area contributed by atoms with E-state index in [-0.39, 0.29) is 0 Å². The number of piperidine rings is 1. The highest BCUT2D eigenvalue weighted by Gasteiger charge is 2.21. The molecule has 5 aromatic rings. The van der Waals surface area contributed by atoms with Crippen LogP contribution in [0, 0.1) is 13.8 Å². The molecule has 1 fully saturated rings. The molecule has 7 heteroatoms. The van der Waals surface area contributed by atoms with Gasteiger partial charge in [0.2, 0.25) is 5.91 Å². The summed E-state index contributed by atoms with van der Waals surface area (Å²) < 4.78 is 2.17. The topological polar surface area (TPSA) is 92.8 Å². The van der Waals surface area contributed by atoms with E-state index in [4.69, 9.17) is 15.8 Å². The first-order valence-electron chi connectivity index (χ1n) is 12.4. The van der Waals surface area contributed by atoms with E-state index in [1.807, 2.05) is 38.4 Å². The molecule has 7 nitrogen and oxygen atoms in total. The van der Waals surface area contributed by atoms with Crippen molar-refractivity contribution in [1.29, 1.82) is 0 Å². The van der Waals surface area contributed by atoms with Crippen molar-refractivity contribution in [3.8, 4) is 22.3 Å². The summed E-state index contributed by atoms with van der Waals surface area (Å²) in [6.45, 7) is 6.18. The standard InChI is InChI=1S/C29H30N6O/c1-17-18(2)22(28(30)36)8-7-21(17)25-15-32-29-24(25)13-19(14-31-29)23-5-4-6-27-26(23)16-35(33-27)20-9-11-34(3)12-10-20/h4-8,13-16,20H,9-12H2,1-3H3,(H2,30,36)(H,31,32). The van der Waals surface area contributed by atoms with E-state index in [1.54, 1.807) is 0 Å². The van der Waals surface area contributed by atoms with Crippen LogP contribution < -0.4 is 5.73 Å². The van der Waals surface area contributed by atoms with Crippen molar-refractivity contribution in [2.75, 3.05) is 20.1 Å². The second kappa shape index (κ2) is 8.60. The van der Waals surface area contributed by atoms with Crippen molar-refractivity contribution >= 4 is 27.8 Å². The predicted molar refractivity (Wildman–Crippen MR) is 144 cm³/mol. The Morgan fingerprint density at radius 2 is 1.83 bits per heavy atom. The average molecular weight is 479 g/mol. The fourth-order valence-corrected chi connectivity index (χ4v) is 5.51. The number of nitrogens with one attached hydrogen (secondary N) is 1. The number of pyridine rings is 1. The highest BCUT2D eigenvalue weighted by Crippen LogP contribution is 2.36. The van der Waals surface area contributed by atoms with Gasteiger partial charge in [-0.1, -0.05) is 18.2 Å². The lowest BCUT2D eigenvalue weighted by molar-refractivity contribution is 0.0999. The Labute approximate surface area is 209 Å². The van der Waals surface area contributed by atoms with Gasteiger partial charge in [0.05, 0.1) is 11.6 Å². The molecule has 1 amide bonds. The largest absolute Gasteiger partial charge is 0.366 e. The zero-order valence-electron chi connectivity index (χ0n) is 20.9. The molecule has 0 spiro atoms. The summed E-state index contributed by atoms with van der Waals surface area (Å²) in [5.41, 5.74) is 14.2. The Morgan fingerprint density at radius 1 is 1.03 bits per heavy atom. The highest BCUT2D eigenvalue weighted by molar-refractivity contribution is 6.01. The van der Waals surface area contributed by atoms with Gasteiger partial charge in [0.15, 0.2) is 0 Å². The monoisotopic (exact) mass is 478 g/mol. The van der Waals surface area contributed by atoms with E-state index in [0.29, 0.717) is 11.6 Å². The summed E-state index contributed by atoms with van der Waals surface area (Å²) in [7, 11) is 2.18. The first kappa shape index (κ1) is 22.5. The number of fused-ring (bicyclic) bond motifs is 2. The molecular weight excluding hydrogens is 448 g/mol. The molecule has 1 saturated heterocycles. The van der Waals surface area contributed by atoms with Crippen LogP contribution in [0.1, 0.15) is 40.4 Å². The maximum Gasteiger partial charge on any atom is 0.248 e. The van der Waals surface area contributed by atoms with Crippen LogP contribution in [0.3, 0.4) is 0 Å². The Kier molecular flexibility index (Phi) is 5.38. The van der Waals surface area contributed by atoms with Gasteiger partial charge < -0.3 is 15.6 Å². The molecule has 6 rings (SSSR count). The van der Waals surface area contributed by atoms with Crippen molar-refractivity contribution in [2.45, 2.75) is 32.7 Å². The summed E-state index contributed by atoms with van der Waals surface area (Å²) in [5.74, 6) is -0.404. The minimum atomic E-state index is -0.404. The SMILES string of the molecule is Cc1c(C(N)=O)ccc(-c2c[nH]c3ncc(-c4cccc5nn(C6CCN(C)CC6)cc45)cc23)c1C. The number of aromatic nitrogens is 4. The zero-order valence-corrected chi connectivity index (χ0v) is 20.9. The van der Waals surface area contributed by atoms with Crippen LogP contribution in [-0.2, 0) is 0 Å². The summed E-state index contributed by atoms with van der Waals surface area (Å²) in [5, 5.41) is 7.13. The van der Waals surface area contributed by atoms with E-state index in [2.05, 4.69) is 52.1 Å². The lowest BCUT2D eigenvalue weighted by Crippen LogP contribution is -2.31. The number of aromatic amines is 1. The van der Waals surface area contributed by atoms with Crippen LogP contribution in [0.4, 0.5) is 0 Å². The van der Waals surface area contributed by atoms with E-state index >= 15 is 0 Å². The number of hydrogen-bond donors (Lipinski definition) is 2. The molecule has 0 bridgehead atoms. The molecule has 0 atom stereocenters. The Hall–Kier alpha value is -3.97. The van der Waals surface area contributed by atoms with Crippen LogP contribution in [-0.4, -0.2) is 50.7 Å². The van der Waals surface area contributed by atoms with Crippen molar-refractivity contribution in [1.82, 2.24) is 24.6 Å². The normalized spacial score (nSPS) is 15.2. The van der Waals surface area contributed by atoms with Crippen LogP contribution in [0.5, 0.6) is 0 Å². The van der Waals surface area contributed by atoms with Crippen molar-refractivity contribution < 1.29 is 4.79 Å². The van der Waals surface area contributed by atoms with E-state index < -0.39 is 5.91 Å². The number of H-pyrrole nitrogens is 1. The lowest BCUT2D eigenvalue weighted by Gasteiger charge is -2.28. The minimum Gasteiger partial charge on any atom is -0.366 e. The van der Waals surface area contributed by atoms with Gasteiger partial charge in [-0.05, 0) is 87.3 Å². The van der Waals surface area contributed by atoms with Crippen LogP contribution in [0.2, 0.25) is 0 Å². The third kappa shape index (κ3) is 3.67. The van der Waals surface area contributed by atoms with E-state index in [0.717, 1.165) is 81.2 Å². The summed E-state index contributed by atoms with van der Waals surface area (Å²) >= 11 is 0. The number of carbonyl (C=O) groups is 1. The van der Waals surface area contributed by atoms with Gasteiger partial charge in [-0.25, -0.2) is 4.98 Å². The molecule has 36 heavy (non-hydrogen) atoms. The van der Waals surface area contributed by atoms with Gasteiger partial charge in [-0.2, -0.15) is 5.10 Å².